The first-order valence-corrected chi connectivity index (χ1v) is 12.9. The molecule has 38 heavy (non-hydrogen) atoms. The maximum atomic E-state index is 13.8. The van der Waals surface area contributed by atoms with Crippen molar-refractivity contribution >= 4 is 29.1 Å². The van der Waals surface area contributed by atoms with Gasteiger partial charge in [0.1, 0.15) is 11.6 Å². The van der Waals surface area contributed by atoms with Gasteiger partial charge < -0.3 is 25.3 Å². The van der Waals surface area contributed by atoms with Crippen molar-refractivity contribution in [3.05, 3.63) is 59.2 Å². The van der Waals surface area contributed by atoms with Gasteiger partial charge in [0.05, 0.1) is 11.4 Å². The quantitative estimate of drug-likeness (QED) is 0.623. The minimum Gasteiger partial charge on any atom is -0.366 e. The fraction of sp³-hybridized carbons (Fsp3) is 0.464. The molecule has 2 aromatic carbocycles. The van der Waals surface area contributed by atoms with E-state index in [1.807, 2.05) is 30.6 Å². The maximum Gasteiger partial charge on any atom is 0.255 e. The molecule has 0 atom stereocenters. The van der Waals surface area contributed by atoms with Gasteiger partial charge in [-0.1, -0.05) is 20.8 Å². The SMILES string of the molecule is CC(C)(C)CC(=O)N1CCN(c2ccc(C(=O)N3CCNCC3)cc2NC(=O)c2cc(F)cc(F)c2)CC1. The van der Waals surface area contributed by atoms with Crippen molar-refractivity contribution in [1.29, 1.82) is 0 Å². The molecule has 2 aliphatic rings. The van der Waals surface area contributed by atoms with Crippen LogP contribution in [0.3, 0.4) is 0 Å². The standard InChI is InChI=1S/C28H35F2N5O3/c1-28(2,3)18-25(36)34-12-10-33(11-13-34)24-5-4-19(27(38)35-8-6-31-7-9-35)16-23(24)32-26(37)20-14-21(29)17-22(30)15-20/h4-5,14-17,31H,6-13,18H2,1-3H3,(H,32,37). The van der Waals surface area contributed by atoms with Crippen molar-refractivity contribution in [2.45, 2.75) is 27.2 Å². The summed E-state index contributed by atoms with van der Waals surface area (Å²) in [5, 5.41) is 5.98. The molecule has 0 bridgehead atoms. The molecule has 4 rings (SSSR count). The Morgan fingerprint density at radius 3 is 2.08 bits per heavy atom. The lowest BCUT2D eigenvalue weighted by Gasteiger charge is -2.38. The summed E-state index contributed by atoms with van der Waals surface area (Å²) in [7, 11) is 0. The van der Waals surface area contributed by atoms with Crippen LogP contribution in [0.15, 0.2) is 36.4 Å². The minimum atomic E-state index is -0.853. The van der Waals surface area contributed by atoms with Gasteiger partial charge in [-0.2, -0.15) is 0 Å². The lowest BCUT2D eigenvalue weighted by molar-refractivity contribution is -0.133. The lowest BCUT2D eigenvalue weighted by atomic mass is 9.91. The molecule has 0 spiro atoms. The van der Waals surface area contributed by atoms with Crippen molar-refractivity contribution in [3.63, 3.8) is 0 Å². The van der Waals surface area contributed by atoms with E-state index in [-0.39, 0.29) is 22.8 Å². The Bertz CT molecular complexity index is 1180. The van der Waals surface area contributed by atoms with Crippen LogP contribution in [-0.2, 0) is 4.79 Å². The molecular formula is C28H35F2N5O3. The molecule has 0 aliphatic carbocycles. The highest BCUT2D eigenvalue weighted by Crippen LogP contribution is 2.30. The van der Waals surface area contributed by atoms with Crippen LogP contribution in [0.2, 0.25) is 0 Å². The van der Waals surface area contributed by atoms with Crippen molar-refractivity contribution in [1.82, 2.24) is 15.1 Å². The van der Waals surface area contributed by atoms with E-state index in [1.54, 1.807) is 23.1 Å². The molecule has 204 valence electrons. The molecule has 0 aromatic heterocycles. The minimum absolute atomic E-state index is 0.102. The zero-order chi connectivity index (χ0) is 27.4. The molecule has 10 heteroatoms. The molecule has 0 radical (unpaired) electrons. The molecule has 2 aliphatic heterocycles. The van der Waals surface area contributed by atoms with Gasteiger partial charge in [0.25, 0.3) is 11.8 Å². The zero-order valence-corrected chi connectivity index (χ0v) is 22.2. The summed E-state index contributed by atoms with van der Waals surface area (Å²) in [4.78, 5) is 44.5. The molecule has 3 amide bonds. The van der Waals surface area contributed by atoms with E-state index in [1.165, 1.54) is 0 Å². The van der Waals surface area contributed by atoms with Crippen molar-refractivity contribution in [2.24, 2.45) is 5.41 Å². The number of carbonyl (C=O) groups excluding carboxylic acids is 3. The first-order valence-electron chi connectivity index (χ1n) is 12.9. The molecule has 2 fully saturated rings. The second kappa shape index (κ2) is 11.5. The molecular weight excluding hydrogens is 492 g/mol. The van der Waals surface area contributed by atoms with Crippen LogP contribution in [0.25, 0.3) is 0 Å². The summed E-state index contributed by atoms with van der Waals surface area (Å²) in [5.74, 6) is -2.43. The van der Waals surface area contributed by atoms with Gasteiger partial charge in [-0.3, -0.25) is 14.4 Å². The second-order valence-electron chi connectivity index (χ2n) is 11.0. The third-order valence-corrected chi connectivity index (χ3v) is 6.68. The Morgan fingerprint density at radius 2 is 1.47 bits per heavy atom. The first-order chi connectivity index (χ1) is 18.0. The van der Waals surface area contributed by atoms with Gasteiger partial charge in [0.15, 0.2) is 0 Å². The molecule has 2 N–H and O–H groups in total. The summed E-state index contributed by atoms with van der Waals surface area (Å²) in [6, 6.07) is 7.76. The second-order valence-corrected chi connectivity index (χ2v) is 11.0. The van der Waals surface area contributed by atoms with E-state index in [0.717, 1.165) is 12.1 Å². The topological polar surface area (TPSA) is 85.0 Å². The summed E-state index contributed by atoms with van der Waals surface area (Å²) in [6.45, 7) is 10.8. The van der Waals surface area contributed by atoms with Crippen molar-refractivity contribution in [3.8, 4) is 0 Å². The Kier molecular flexibility index (Phi) is 8.30. The van der Waals surface area contributed by atoms with E-state index in [0.29, 0.717) is 81.8 Å². The Hall–Kier alpha value is -3.53. The maximum absolute atomic E-state index is 13.8. The molecule has 2 heterocycles. The monoisotopic (exact) mass is 527 g/mol. The smallest absolute Gasteiger partial charge is 0.255 e. The summed E-state index contributed by atoms with van der Waals surface area (Å²) in [5.41, 5.74) is 1.19. The van der Waals surface area contributed by atoms with E-state index in [9.17, 15) is 23.2 Å². The number of hydrogen-bond acceptors (Lipinski definition) is 5. The molecule has 0 saturated carbocycles. The van der Waals surface area contributed by atoms with E-state index >= 15 is 0 Å². The fourth-order valence-electron chi connectivity index (χ4n) is 4.74. The van der Waals surface area contributed by atoms with Crippen LogP contribution in [0.5, 0.6) is 0 Å². The number of rotatable bonds is 5. The highest BCUT2D eigenvalue weighted by atomic mass is 19.1. The average Bonchev–Trinajstić information content (AvgIpc) is 2.87. The summed E-state index contributed by atoms with van der Waals surface area (Å²) in [6.07, 6.45) is 0.460. The largest absolute Gasteiger partial charge is 0.366 e. The van der Waals surface area contributed by atoms with Gasteiger partial charge in [0.2, 0.25) is 5.91 Å². The van der Waals surface area contributed by atoms with Crippen LogP contribution in [0.4, 0.5) is 20.2 Å². The number of anilines is 2. The Labute approximate surface area is 222 Å². The lowest BCUT2D eigenvalue weighted by Crippen LogP contribution is -2.49. The summed E-state index contributed by atoms with van der Waals surface area (Å²) >= 11 is 0. The number of nitrogens with zero attached hydrogens (tertiary/aromatic N) is 3. The van der Waals surface area contributed by atoms with E-state index < -0.39 is 17.5 Å². The third-order valence-electron chi connectivity index (χ3n) is 6.68. The zero-order valence-electron chi connectivity index (χ0n) is 22.2. The van der Waals surface area contributed by atoms with Gasteiger partial charge in [0, 0.05) is 76.0 Å². The molecule has 2 saturated heterocycles. The van der Waals surface area contributed by atoms with Gasteiger partial charge in [-0.25, -0.2) is 8.78 Å². The van der Waals surface area contributed by atoms with Crippen LogP contribution in [0.1, 0.15) is 47.9 Å². The number of piperazine rings is 2. The molecule has 0 unspecified atom stereocenters. The summed E-state index contributed by atoms with van der Waals surface area (Å²) < 4.78 is 27.5. The number of nitrogens with one attached hydrogen (secondary N) is 2. The van der Waals surface area contributed by atoms with Crippen LogP contribution in [0, 0.1) is 17.0 Å². The van der Waals surface area contributed by atoms with E-state index in [2.05, 4.69) is 10.6 Å². The highest BCUT2D eigenvalue weighted by Gasteiger charge is 2.27. The van der Waals surface area contributed by atoms with Crippen LogP contribution in [-0.4, -0.2) is 79.9 Å². The highest BCUT2D eigenvalue weighted by molar-refractivity contribution is 6.07. The molecule has 8 nitrogen and oxygen atoms in total. The first kappa shape index (κ1) is 27.5. The van der Waals surface area contributed by atoms with Gasteiger partial charge >= 0.3 is 0 Å². The number of benzene rings is 2. The van der Waals surface area contributed by atoms with Crippen LogP contribution >= 0.6 is 0 Å². The average molecular weight is 528 g/mol. The van der Waals surface area contributed by atoms with E-state index in [4.69, 9.17) is 0 Å². The van der Waals surface area contributed by atoms with Crippen molar-refractivity contribution < 1.29 is 23.2 Å². The van der Waals surface area contributed by atoms with Gasteiger partial charge in [-0.05, 0) is 35.7 Å². The van der Waals surface area contributed by atoms with Crippen molar-refractivity contribution in [2.75, 3.05) is 62.6 Å². The fourth-order valence-corrected chi connectivity index (χ4v) is 4.74. The van der Waals surface area contributed by atoms with Gasteiger partial charge in [-0.15, -0.1) is 0 Å². The predicted molar refractivity (Wildman–Crippen MR) is 142 cm³/mol. The predicted octanol–water partition coefficient (Wildman–Crippen LogP) is 3.35. The normalized spacial score (nSPS) is 16.4. The van der Waals surface area contributed by atoms with Crippen LogP contribution < -0.4 is 15.5 Å². The Balaban J connectivity index is 1.57. The number of hydrogen-bond donors (Lipinski definition) is 2. The molecule has 2 aromatic rings. The number of carbonyl (C=O) groups is 3. The number of halogens is 2. The third kappa shape index (κ3) is 6.86. The number of amides is 3. The Morgan fingerprint density at radius 1 is 0.842 bits per heavy atom.